The molecule has 0 atom stereocenters. The van der Waals surface area contributed by atoms with Gasteiger partial charge in [0.1, 0.15) is 17.6 Å². The Kier molecular flexibility index (Phi) is 6.01. The van der Waals surface area contributed by atoms with Gasteiger partial charge in [-0.15, -0.1) is 0 Å². The number of amides is 1. The lowest BCUT2D eigenvalue weighted by Crippen LogP contribution is -2.29. The Bertz CT molecular complexity index is 1390. The fourth-order valence-corrected chi connectivity index (χ4v) is 3.98. The number of ether oxygens (including phenoxy) is 3. The van der Waals surface area contributed by atoms with Gasteiger partial charge in [0.15, 0.2) is 11.5 Å². The van der Waals surface area contributed by atoms with Gasteiger partial charge >= 0.3 is 0 Å². The smallest absolute Gasteiger partial charge is 0.277 e. The predicted molar refractivity (Wildman–Crippen MR) is 126 cm³/mol. The summed E-state index contributed by atoms with van der Waals surface area (Å²) in [6.07, 6.45) is 3.34. The molecule has 1 N–H and O–H groups in total. The Morgan fingerprint density at radius 3 is 2.76 bits per heavy atom. The number of hydrogen-bond acceptors (Lipinski definition) is 6. The van der Waals surface area contributed by atoms with Gasteiger partial charge in [-0.25, -0.2) is 4.98 Å². The maximum Gasteiger partial charge on any atom is 0.277 e. The molecule has 4 aromatic rings. The summed E-state index contributed by atoms with van der Waals surface area (Å²) in [4.78, 5) is 30.7. The third-order valence-corrected chi connectivity index (χ3v) is 5.70. The Hall–Kier alpha value is -4.11. The van der Waals surface area contributed by atoms with Crippen LogP contribution in [0.2, 0.25) is 0 Å². The summed E-state index contributed by atoms with van der Waals surface area (Å²) < 4.78 is 19.0. The molecule has 34 heavy (non-hydrogen) atoms. The molecule has 0 fully saturated rings. The summed E-state index contributed by atoms with van der Waals surface area (Å²) in [7, 11) is 1.58. The van der Waals surface area contributed by atoms with E-state index in [0.29, 0.717) is 42.2 Å². The van der Waals surface area contributed by atoms with Crippen LogP contribution in [0.3, 0.4) is 0 Å². The molecule has 0 radical (unpaired) electrons. The topological polar surface area (TPSA) is 96.6 Å². The van der Waals surface area contributed by atoms with Gasteiger partial charge in [-0.3, -0.25) is 14.2 Å². The summed E-state index contributed by atoms with van der Waals surface area (Å²) in [6.45, 7) is 1.27. The van der Waals surface area contributed by atoms with Crippen molar-refractivity contribution in [3.8, 4) is 22.6 Å². The second-order valence-electron chi connectivity index (χ2n) is 7.93. The minimum atomic E-state index is -0.221. The molecule has 1 aliphatic heterocycles. The second-order valence-corrected chi connectivity index (χ2v) is 7.93. The lowest BCUT2D eigenvalue weighted by atomic mass is 10.1. The number of nitrogens with zero attached hydrogens (tertiary/aromatic N) is 3. The Labute approximate surface area is 195 Å². The molecule has 0 saturated heterocycles. The van der Waals surface area contributed by atoms with Gasteiger partial charge in [0.25, 0.3) is 5.56 Å². The first-order valence-corrected chi connectivity index (χ1v) is 10.9. The van der Waals surface area contributed by atoms with Crippen LogP contribution in [0.15, 0.2) is 65.8 Å². The molecular weight excluding hydrogens is 436 g/mol. The van der Waals surface area contributed by atoms with E-state index in [9.17, 15) is 9.59 Å². The zero-order chi connectivity index (χ0) is 23.5. The van der Waals surface area contributed by atoms with Crippen LogP contribution in [0, 0.1) is 0 Å². The zero-order valence-electron chi connectivity index (χ0n) is 18.7. The van der Waals surface area contributed by atoms with Crippen molar-refractivity contribution in [2.24, 2.45) is 0 Å². The number of methoxy groups -OCH3 is 1. The number of benzene rings is 2. The average molecular weight is 460 g/mol. The lowest BCUT2D eigenvalue weighted by molar-refractivity contribution is -0.121. The number of aromatic nitrogens is 3. The highest BCUT2D eigenvalue weighted by atomic mass is 16.7. The summed E-state index contributed by atoms with van der Waals surface area (Å²) in [5.74, 6) is 1.14. The number of carbonyl (C=O) groups excluding carboxylic acids is 1. The van der Waals surface area contributed by atoms with E-state index in [0.717, 1.165) is 16.7 Å². The van der Waals surface area contributed by atoms with Crippen molar-refractivity contribution in [1.29, 1.82) is 0 Å². The molecule has 3 heterocycles. The number of nitrogens with one attached hydrogen (secondary N) is 1. The van der Waals surface area contributed by atoms with E-state index in [4.69, 9.17) is 14.2 Å². The van der Waals surface area contributed by atoms with Crippen molar-refractivity contribution >= 4 is 16.9 Å². The summed E-state index contributed by atoms with van der Waals surface area (Å²) in [5.41, 5.74) is 3.35. The van der Waals surface area contributed by atoms with Crippen LogP contribution in [-0.4, -0.2) is 40.5 Å². The fraction of sp³-hybridized carbons (Fsp3) is 0.240. The summed E-state index contributed by atoms with van der Waals surface area (Å²) >= 11 is 0. The minimum Gasteiger partial charge on any atom is -0.454 e. The van der Waals surface area contributed by atoms with Crippen molar-refractivity contribution in [3.63, 3.8) is 0 Å². The monoisotopic (exact) mass is 460 g/mol. The number of fused-ring (bicyclic) bond motifs is 2. The molecule has 2 aromatic carbocycles. The molecule has 1 aliphatic rings. The Morgan fingerprint density at radius 2 is 1.94 bits per heavy atom. The first-order valence-electron chi connectivity index (χ1n) is 10.9. The molecule has 0 aliphatic carbocycles. The summed E-state index contributed by atoms with van der Waals surface area (Å²) in [5, 5.41) is 2.92. The van der Waals surface area contributed by atoms with E-state index >= 15 is 0 Å². The number of rotatable bonds is 8. The van der Waals surface area contributed by atoms with E-state index in [-0.39, 0.29) is 24.8 Å². The van der Waals surface area contributed by atoms with Crippen LogP contribution < -0.4 is 20.3 Å². The molecule has 5 rings (SSSR count). The molecule has 174 valence electrons. The lowest BCUT2D eigenvalue weighted by Gasteiger charge is -2.09. The van der Waals surface area contributed by atoms with Gasteiger partial charge in [-0.1, -0.05) is 36.4 Å². The van der Waals surface area contributed by atoms with Gasteiger partial charge in [-0.05, 0) is 23.3 Å². The van der Waals surface area contributed by atoms with Crippen LogP contribution in [0.5, 0.6) is 11.5 Å². The molecule has 1 amide bonds. The van der Waals surface area contributed by atoms with Crippen LogP contribution >= 0.6 is 0 Å². The molecule has 9 heteroatoms. The predicted octanol–water partition coefficient (Wildman–Crippen LogP) is 2.56. The molecule has 0 bridgehead atoms. The van der Waals surface area contributed by atoms with Gasteiger partial charge in [0, 0.05) is 25.4 Å². The van der Waals surface area contributed by atoms with Gasteiger partial charge in [0.05, 0.1) is 19.5 Å². The van der Waals surface area contributed by atoms with Crippen molar-refractivity contribution in [1.82, 2.24) is 19.4 Å². The van der Waals surface area contributed by atoms with Crippen molar-refractivity contribution in [2.75, 3.05) is 20.5 Å². The molecule has 9 nitrogen and oxygen atoms in total. The van der Waals surface area contributed by atoms with Crippen molar-refractivity contribution < 1.29 is 19.0 Å². The molecule has 0 saturated carbocycles. The van der Waals surface area contributed by atoms with E-state index < -0.39 is 0 Å². The minimum absolute atomic E-state index is 0.0148. The van der Waals surface area contributed by atoms with Gasteiger partial charge in [0.2, 0.25) is 12.7 Å². The number of hydrogen-bond donors (Lipinski definition) is 1. The van der Waals surface area contributed by atoms with Gasteiger partial charge < -0.3 is 24.1 Å². The van der Waals surface area contributed by atoms with E-state index in [1.807, 2.05) is 54.7 Å². The van der Waals surface area contributed by atoms with E-state index in [1.54, 1.807) is 11.7 Å². The average Bonchev–Trinajstić information content (AvgIpc) is 3.47. The normalized spacial score (nSPS) is 12.3. The molecule has 2 aromatic heterocycles. The van der Waals surface area contributed by atoms with Crippen LogP contribution in [0.1, 0.15) is 5.56 Å². The highest BCUT2D eigenvalue weighted by molar-refractivity contribution is 5.93. The van der Waals surface area contributed by atoms with E-state index in [1.165, 1.54) is 10.9 Å². The number of carbonyl (C=O) groups is 1. The molecule has 0 spiro atoms. The third-order valence-electron chi connectivity index (χ3n) is 5.70. The maximum absolute atomic E-state index is 13.3. The van der Waals surface area contributed by atoms with Crippen LogP contribution in [0.25, 0.3) is 22.2 Å². The SMILES string of the molecule is COCCn1cnc2c(-c3ccccc3)cn(CC(=O)NCc3ccc4c(c3)OCO4)c2c1=O. The van der Waals surface area contributed by atoms with Crippen molar-refractivity contribution in [3.05, 3.63) is 77.0 Å². The Balaban J connectivity index is 1.43. The van der Waals surface area contributed by atoms with Gasteiger partial charge in [-0.2, -0.15) is 0 Å². The largest absolute Gasteiger partial charge is 0.454 e. The highest BCUT2D eigenvalue weighted by Crippen LogP contribution is 2.32. The van der Waals surface area contributed by atoms with Crippen LogP contribution in [-0.2, 0) is 29.2 Å². The third kappa shape index (κ3) is 4.25. The Morgan fingerprint density at radius 1 is 1.12 bits per heavy atom. The highest BCUT2D eigenvalue weighted by Gasteiger charge is 2.18. The second kappa shape index (κ2) is 9.40. The fourth-order valence-electron chi connectivity index (χ4n) is 3.98. The van der Waals surface area contributed by atoms with Crippen LogP contribution in [0.4, 0.5) is 0 Å². The molecule has 0 unspecified atom stereocenters. The zero-order valence-corrected chi connectivity index (χ0v) is 18.7. The quantitative estimate of drug-likeness (QED) is 0.434. The molecular formula is C25H24N4O5. The van der Waals surface area contributed by atoms with E-state index in [2.05, 4.69) is 10.3 Å². The first-order chi connectivity index (χ1) is 16.6. The maximum atomic E-state index is 13.3. The standard InChI is InChI=1S/C25H24N4O5/c1-32-10-9-28-15-27-23-19(18-5-3-2-4-6-18)13-29(24(23)25(28)31)14-22(30)26-12-17-7-8-20-21(11-17)34-16-33-20/h2-8,11,13,15H,9-10,12,14,16H2,1H3,(H,26,30). The first kappa shape index (κ1) is 21.7. The van der Waals surface area contributed by atoms with Crippen molar-refractivity contribution in [2.45, 2.75) is 19.6 Å². The summed E-state index contributed by atoms with van der Waals surface area (Å²) in [6, 6.07) is 15.2.